The van der Waals surface area contributed by atoms with Gasteiger partial charge in [-0.25, -0.2) is 4.98 Å². The highest BCUT2D eigenvalue weighted by Crippen LogP contribution is 2.47. The predicted molar refractivity (Wildman–Crippen MR) is 152 cm³/mol. The lowest BCUT2D eigenvalue weighted by molar-refractivity contribution is -0.139. The van der Waals surface area contributed by atoms with E-state index in [9.17, 15) is 9.59 Å². The third kappa shape index (κ3) is 7.48. The van der Waals surface area contributed by atoms with E-state index in [1.54, 1.807) is 0 Å². The molecular weight excluding hydrogens is 476 g/mol. The number of carbonyl (C=O) groups is 2. The number of pyridine rings is 1. The molecule has 2 aliphatic carbocycles. The summed E-state index contributed by atoms with van der Waals surface area (Å²) in [6.07, 6.45) is 9.21. The molecule has 1 aromatic heterocycles. The minimum absolute atomic E-state index is 0.0104. The van der Waals surface area contributed by atoms with Crippen molar-refractivity contribution < 1.29 is 19.4 Å². The second-order valence-corrected chi connectivity index (χ2v) is 14.3. The Morgan fingerprint density at radius 2 is 1.74 bits per heavy atom. The number of nitrogens with zero attached hydrogens (tertiary/aromatic N) is 1. The van der Waals surface area contributed by atoms with Gasteiger partial charge in [0.25, 0.3) is 5.91 Å². The smallest absolute Gasteiger partial charge is 0.303 e. The second-order valence-electron chi connectivity index (χ2n) is 14.3. The number of carboxylic acid groups (broad SMARTS) is 1. The molecule has 0 bridgehead atoms. The molecule has 1 amide bonds. The minimum Gasteiger partial charge on any atom is -0.490 e. The van der Waals surface area contributed by atoms with E-state index in [4.69, 9.17) is 14.8 Å². The highest BCUT2D eigenvalue weighted by molar-refractivity contribution is 5.97. The fourth-order valence-corrected chi connectivity index (χ4v) is 7.03. The minimum atomic E-state index is -0.870. The maximum Gasteiger partial charge on any atom is 0.303 e. The van der Waals surface area contributed by atoms with Gasteiger partial charge in [0.2, 0.25) is 0 Å². The van der Waals surface area contributed by atoms with Crippen LogP contribution in [0.25, 0.3) is 10.8 Å². The lowest BCUT2D eigenvalue weighted by atomic mass is 9.64. The first-order valence-corrected chi connectivity index (χ1v) is 14.3. The zero-order valence-corrected chi connectivity index (χ0v) is 24.2. The highest BCUT2D eigenvalue weighted by atomic mass is 16.5. The van der Waals surface area contributed by atoms with E-state index < -0.39 is 11.4 Å². The Hall–Kier alpha value is -2.63. The molecule has 0 unspecified atom stereocenters. The number of aromatic nitrogens is 1. The number of nitrogens with one attached hydrogen (secondary N) is 1. The van der Waals surface area contributed by atoms with Crippen molar-refractivity contribution in [1.82, 2.24) is 10.3 Å². The maximum absolute atomic E-state index is 13.1. The fourth-order valence-electron chi connectivity index (χ4n) is 7.03. The van der Waals surface area contributed by atoms with Crippen LogP contribution in [-0.4, -0.2) is 34.6 Å². The molecule has 6 heteroatoms. The van der Waals surface area contributed by atoms with Crippen LogP contribution in [-0.2, 0) is 11.2 Å². The number of aliphatic carboxylic acids is 1. The molecule has 38 heavy (non-hydrogen) atoms. The van der Waals surface area contributed by atoms with Crippen LogP contribution in [0.1, 0.15) is 109 Å². The number of carbonyl (C=O) groups excluding carboxylic acids is 1. The molecule has 4 rings (SSSR count). The molecule has 0 atom stereocenters. The van der Waals surface area contributed by atoms with Crippen molar-refractivity contribution in [3.8, 4) is 5.75 Å². The molecule has 0 aliphatic heterocycles. The molecule has 1 aromatic carbocycles. The molecule has 2 fully saturated rings. The van der Waals surface area contributed by atoms with Gasteiger partial charge in [-0.1, -0.05) is 73.3 Å². The molecule has 1 heterocycles. The molecule has 2 N–H and O–H groups in total. The van der Waals surface area contributed by atoms with Crippen LogP contribution in [0.3, 0.4) is 0 Å². The topological polar surface area (TPSA) is 88.5 Å². The molecule has 208 valence electrons. The number of amides is 1. The second kappa shape index (κ2) is 10.9. The lowest BCUT2D eigenvalue weighted by Gasteiger charge is -2.44. The third-order valence-corrected chi connectivity index (χ3v) is 8.25. The molecule has 6 nitrogen and oxygen atoms in total. The Morgan fingerprint density at radius 1 is 1.08 bits per heavy atom. The standard InChI is InChI=1S/C32H46N2O4/c1-30(2)16-24(17-31(3,4)19-30)38-23-12-11-22-14-27(29(37)33-20-32(5,6)18-28(35)36)34-26(25(22)15-23)13-21-9-7-8-10-21/h11-12,14-15,21,24H,7-10,13,16-20H2,1-6H3,(H,33,37)(H,35,36). The summed E-state index contributed by atoms with van der Waals surface area (Å²) in [5.74, 6) is 0.330. The predicted octanol–water partition coefficient (Wildman–Crippen LogP) is 7.18. The van der Waals surface area contributed by atoms with Gasteiger partial charge in [0.15, 0.2) is 0 Å². The highest BCUT2D eigenvalue weighted by Gasteiger charge is 2.39. The first-order chi connectivity index (χ1) is 17.7. The summed E-state index contributed by atoms with van der Waals surface area (Å²) in [5.41, 5.74) is 1.30. The summed E-state index contributed by atoms with van der Waals surface area (Å²) in [7, 11) is 0. The zero-order valence-electron chi connectivity index (χ0n) is 24.2. The van der Waals surface area contributed by atoms with Crippen LogP contribution in [0.2, 0.25) is 0 Å². The summed E-state index contributed by atoms with van der Waals surface area (Å²) in [6, 6.07) is 8.05. The van der Waals surface area contributed by atoms with Crippen molar-refractivity contribution in [3.05, 3.63) is 35.7 Å². The maximum atomic E-state index is 13.1. The first-order valence-electron chi connectivity index (χ1n) is 14.3. The van der Waals surface area contributed by atoms with Gasteiger partial charge in [0.1, 0.15) is 11.4 Å². The largest absolute Gasteiger partial charge is 0.490 e. The van der Waals surface area contributed by atoms with Gasteiger partial charge >= 0.3 is 5.97 Å². The van der Waals surface area contributed by atoms with E-state index >= 15 is 0 Å². The number of rotatable bonds is 9. The van der Waals surface area contributed by atoms with Gasteiger partial charge in [-0.05, 0) is 71.4 Å². The van der Waals surface area contributed by atoms with Crippen LogP contribution in [0, 0.1) is 22.2 Å². The molecule has 0 spiro atoms. The Labute approximate surface area is 227 Å². The summed E-state index contributed by atoms with van der Waals surface area (Å²) < 4.78 is 6.59. The van der Waals surface area contributed by atoms with Gasteiger partial charge in [0.05, 0.1) is 12.5 Å². The lowest BCUT2D eigenvalue weighted by Crippen LogP contribution is -2.39. The van der Waals surface area contributed by atoms with Crippen LogP contribution in [0.5, 0.6) is 5.75 Å². The molecule has 0 radical (unpaired) electrons. The first kappa shape index (κ1) is 28.4. The average molecular weight is 523 g/mol. The number of ether oxygens (including phenoxy) is 1. The van der Waals surface area contributed by atoms with E-state index in [-0.39, 0.29) is 35.8 Å². The third-order valence-electron chi connectivity index (χ3n) is 8.25. The van der Waals surface area contributed by atoms with Gasteiger partial charge in [0, 0.05) is 17.6 Å². The number of hydrogen-bond donors (Lipinski definition) is 2. The van der Waals surface area contributed by atoms with E-state index in [1.165, 1.54) is 32.1 Å². The SMILES string of the molecule is CC(C)(CNC(=O)c1cc2ccc(OC3CC(C)(C)CC(C)(C)C3)cc2c(CC2CCCC2)n1)CC(=O)O. The van der Waals surface area contributed by atoms with E-state index in [0.29, 0.717) is 11.6 Å². The van der Waals surface area contributed by atoms with Crippen molar-refractivity contribution in [2.45, 2.75) is 105 Å². The Balaban J connectivity index is 1.60. The Bertz CT molecular complexity index is 1160. The summed E-state index contributed by atoms with van der Waals surface area (Å²) in [6.45, 7) is 13.3. The summed E-state index contributed by atoms with van der Waals surface area (Å²) in [4.78, 5) is 29.2. The molecule has 2 saturated carbocycles. The molecule has 2 aliphatic rings. The van der Waals surface area contributed by atoms with Crippen LogP contribution in [0.4, 0.5) is 0 Å². The molecule has 2 aromatic rings. The van der Waals surface area contributed by atoms with Crippen LogP contribution < -0.4 is 10.1 Å². The Kier molecular flexibility index (Phi) is 8.11. The zero-order chi connectivity index (χ0) is 27.7. The van der Waals surface area contributed by atoms with E-state index in [1.807, 2.05) is 26.0 Å². The normalized spacial score (nSPS) is 19.9. The van der Waals surface area contributed by atoms with Crippen molar-refractivity contribution >= 4 is 22.6 Å². The summed E-state index contributed by atoms with van der Waals surface area (Å²) in [5, 5.41) is 14.1. The average Bonchev–Trinajstić information content (AvgIpc) is 3.27. The van der Waals surface area contributed by atoms with Gasteiger partial charge in [-0.15, -0.1) is 0 Å². The quantitative estimate of drug-likeness (QED) is 0.364. The van der Waals surface area contributed by atoms with Gasteiger partial charge in [-0.2, -0.15) is 0 Å². The van der Waals surface area contributed by atoms with E-state index in [0.717, 1.165) is 41.5 Å². The van der Waals surface area contributed by atoms with Gasteiger partial charge in [-0.3, -0.25) is 9.59 Å². The monoisotopic (exact) mass is 522 g/mol. The van der Waals surface area contributed by atoms with Crippen molar-refractivity contribution in [1.29, 1.82) is 0 Å². The number of hydrogen-bond acceptors (Lipinski definition) is 4. The number of fused-ring (bicyclic) bond motifs is 1. The van der Waals surface area contributed by atoms with Crippen molar-refractivity contribution in [2.24, 2.45) is 22.2 Å². The van der Waals surface area contributed by atoms with Crippen LogP contribution in [0.15, 0.2) is 24.3 Å². The number of carboxylic acids is 1. The van der Waals surface area contributed by atoms with Crippen LogP contribution >= 0.6 is 0 Å². The van der Waals surface area contributed by atoms with E-state index in [2.05, 4.69) is 45.1 Å². The molecular formula is C32H46N2O4. The number of benzene rings is 1. The summed E-state index contributed by atoms with van der Waals surface area (Å²) >= 11 is 0. The van der Waals surface area contributed by atoms with Gasteiger partial charge < -0.3 is 15.2 Å². The fraction of sp³-hybridized carbons (Fsp3) is 0.656. The van der Waals surface area contributed by atoms with Crippen molar-refractivity contribution in [2.75, 3.05) is 6.54 Å². The molecule has 0 saturated heterocycles. The van der Waals surface area contributed by atoms with Crippen molar-refractivity contribution in [3.63, 3.8) is 0 Å². The Morgan fingerprint density at radius 3 is 2.37 bits per heavy atom.